The maximum absolute atomic E-state index is 13.8. The van der Waals surface area contributed by atoms with Crippen molar-refractivity contribution in [3.05, 3.63) is 94.9 Å². The SMILES string of the molecule is Cc1c(-c2cc(O[C@H](C)c3ccccn3)c3c(Cl)cnn3c2)nn2c1C[N+](C)(C(=O)OC(C)(C)C)C(Cc1ccccn1)C2. The number of pyridine rings is 3. The van der Waals surface area contributed by atoms with Crippen molar-refractivity contribution in [1.82, 2.24) is 29.4 Å². The lowest BCUT2D eigenvalue weighted by atomic mass is 10.0. The van der Waals surface area contributed by atoms with Gasteiger partial charge in [0.2, 0.25) is 0 Å². The highest BCUT2D eigenvalue weighted by atomic mass is 35.5. The minimum Gasteiger partial charge on any atom is -0.482 e. The lowest BCUT2D eigenvalue weighted by Gasteiger charge is -2.42. The molecule has 5 aromatic heterocycles. The number of rotatable bonds is 6. The molecule has 0 radical (unpaired) electrons. The summed E-state index contributed by atoms with van der Waals surface area (Å²) in [5.74, 6) is 0.580. The van der Waals surface area contributed by atoms with E-state index < -0.39 is 5.60 Å². The minimum absolute atomic E-state index is 0.0869. The van der Waals surface area contributed by atoms with Crippen LogP contribution >= 0.6 is 11.6 Å². The van der Waals surface area contributed by atoms with Crippen LogP contribution in [-0.4, -0.2) is 58.6 Å². The van der Waals surface area contributed by atoms with Crippen molar-refractivity contribution in [1.29, 1.82) is 0 Å². The molecule has 10 nitrogen and oxygen atoms in total. The number of hydrogen-bond donors (Lipinski definition) is 0. The third-order valence-corrected chi connectivity index (χ3v) is 8.46. The van der Waals surface area contributed by atoms with E-state index in [-0.39, 0.29) is 22.7 Å². The van der Waals surface area contributed by atoms with Gasteiger partial charge in [0, 0.05) is 41.8 Å². The number of amides is 1. The van der Waals surface area contributed by atoms with Crippen molar-refractivity contribution in [2.24, 2.45) is 0 Å². The third-order valence-electron chi connectivity index (χ3n) is 8.18. The Morgan fingerprint density at radius 1 is 1.16 bits per heavy atom. The van der Waals surface area contributed by atoms with Gasteiger partial charge in [-0.25, -0.2) is 9.00 Å². The zero-order valence-corrected chi connectivity index (χ0v) is 26.6. The molecule has 0 saturated heterocycles. The van der Waals surface area contributed by atoms with Crippen LogP contribution in [0.2, 0.25) is 5.02 Å². The van der Waals surface area contributed by atoms with Crippen LogP contribution in [0.15, 0.2) is 67.3 Å². The van der Waals surface area contributed by atoms with Crippen molar-refractivity contribution in [2.45, 2.75) is 71.9 Å². The van der Waals surface area contributed by atoms with E-state index in [1.54, 1.807) is 23.1 Å². The van der Waals surface area contributed by atoms with Gasteiger partial charge in [0.25, 0.3) is 0 Å². The van der Waals surface area contributed by atoms with E-state index >= 15 is 0 Å². The summed E-state index contributed by atoms with van der Waals surface area (Å²) < 4.78 is 16.2. The summed E-state index contributed by atoms with van der Waals surface area (Å²) in [7, 11) is 1.96. The fourth-order valence-electron chi connectivity index (χ4n) is 5.77. The molecule has 1 aliphatic heterocycles. The monoisotopic (exact) mass is 614 g/mol. The van der Waals surface area contributed by atoms with E-state index in [0.29, 0.717) is 35.8 Å². The molecule has 2 unspecified atom stereocenters. The Morgan fingerprint density at radius 3 is 2.59 bits per heavy atom. The van der Waals surface area contributed by atoms with Gasteiger partial charge in [-0.05, 0) is 65.0 Å². The lowest BCUT2D eigenvalue weighted by Crippen LogP contribution is -2.62. The van der Waals surface area contributed by atoms with Gasteiger partial charge in [0.05, 0.1) is 41.9 Å². The lowest BCUT2D eigenvalue weighted by molar-refractivity contribution is -0.882. The molecule has 1 aliphatic rings. The molecule has 11 heteroatoms. The number of fused-ring (bicyclic) bond motifs is 2. The first-order chi connectivity index (χ1) is 20.9. The predicted octanol–water partition coefficient (Wildman–Crippen LogP) is 6.60. The van der Waals surface area contributed by atoms with E-state index in [1.165, 1.54) is 0 Å². The number of aromatic nitrogens is 6. The average molecular weight is 615 g/mol. The van der Waals surface area contributed by atoms with Crippen LogP contribution < -0.4 is 4.74 Å². The second-order valence-corrected chi connectivity index (χ2v) is 13.0. The van der Waals surface area contributed by atoms with Crippen LogP contribution in [0.3, 0.4) is 0 Å². The summed E-state index contributed by atoms with van der Waals surface area (Å²) in [4.78, 5) is 22.8. The van der Waals surface area contributed by atoms with Crippen molar-refractivity contribution in [3.8, 4) is 17.0 Å². The molecular weight excluding hydrogens is 578 g/mol. The van der Waals surface area contributed by atoms with Crippen LogP contribution in [0, 0.1) is 6.92 Å². The molecule has 0 spiro atoms. The Labute approximate surface area is 261 Å². The number of likely N-dealkylation sites (N-methyl/N-ethyl adjacent to an activating group) is 1. The van der Waals surface area contributed by atoms with Crippen LogP contribution in [0.1, 0.15) is 56.4 Å². The number of ether oxygens (including phenoxy) is 2. The number of carbonyl (C=O) groups excluding carboxylic acids is 1. The summed E-state index contributed by atoms with van der Waals surface area (Å²) >= 11 is 6.56. The Balaban J connectivity index is 1.40. The zero-order valence-electron chi connectivity index (χ0n) is 25.9. The maximum Gasteiger partial charge on any atom is 0.516 e. The normalized spacial score (nSPS) is 19.0. The molecular formula is C33H37ClN7O3+. The van der Waals surface area contributed by atoms with E-state index in [1.807, 2.05) is 95.0 Å². The molecule has 0 saturated carbocycles. The van der Waals surface area contributed by atoms with Crippen LogP contribution in [-0.2, 0) is 24.2 Å². The summed E-state index contributed by atoms with van der Waals surface area (Å²) in [6.45, 7) is 10.6. The second-order valence-electron chi connectivity index (χ2n) is 12.6. The molecule has 6 heterocycles. The summed E-state index contributed by atoms with van der Waals surface area (Å²) in [6.07, 6.45) is 7.06. The topological polar surface area (TPSA) is 96.4 Å². The number of quaternary nitrogens is 1. The molecule has 44 heavy (non-hydrogen) atoms. The molecule has 0 aromatic carbocycles. The van der Waals surface area contributed by atoms with Crippen molar-refractivity contribution in [2.75, 3.05) is 7.05 Å². The first kappa shape index (κ1) is 29.8. The van der Waals surface area contributed by atoms with Crippen molar-refractivity contribution >= 4 is 23.2 Å². The van der Waals surface area contributed by atoms with E-state index in [0.717, 1.165) is 33.9 Å². The fourth-order valence-corrected chi connectivity index (χ4v) is 6.00. The zero-order chi connectivity index (χ0) is 31.2. The largest absolute Gasteiger partial charge is 0.516 e. The Hall–Kier alpha value is -4.28. The van der Waals surface area contributed by atoms with E-state index in [2.05, 4.69) is 15.1 Å². The molecule has 1 amide bonds. The molecule has 0 aliphatic carbocycles. The van der Waals surface area contributed by atoms with Gasteiger partial charge in [-0.15, -0.1) is 0 Å². The van der Waals surface area contributed by atoms with Gasteiger partial charge >= 0.3 is 6.09 Å². The Bertz CT molecular complexity index is 1810. The maximum atomic E-state index is 13.8. The van der Waals surface area contributed by atoms with Gasteiger partial charge in [-0.3, -0.25) is 14.6 Å². The Morgan fingerprint density at radius 2 is 1.91 bits per heavy atom. The molecule has 6 rings (SSSR count). The second kappa shape index (κ2) is 11.3. The van der Waals surface area contributed by atoms with Crippen LogP contribution in [0.5, 0.6) is 5.75 Å². The average Bonchev–Trinajstić information content (AvgIpc) is 3.52. The van der Waals surface area contributed by atoms with Crippen molar-refractivity contribution in [3.63, 3.8) is 0 Å². The number of halogens is 1. The molecule has 5 aromatic rings. The first-order valence-corrected chi connectivity index (χ1v) is 15.1. The van der Waals surface area contributed by atoms with Gasteiger partial charge in [-0.1, -0.05) is 23.7 Å². The van der Waals surface area contributed by atoms with Crippen molar-refractivity contribution < 1.29 is 18.8 Å². The van der Waals surface area contributed by atoms with E-state index in [9.17, 15) is 4.79 Å². The summed E-state index contributed by atoms with van der Waals surface area (Å²) in [6, 6.07) is 13.4. The summed E-state index contributed by atoms with van der Waals surface area (Å²) in [5.41, 5.74) is 5.36. The first-order valence-electron chi connectivity index (χ1n) is 14.7. The number of carbonyl (C=O) groups is 1. The fraction of sp³-hybridized carbons (Fsp3) is 0.364. The molecule has 3 atom stereocenters. The van der Waals surface area contributed by atoms with Gasteiger partial charge < -0.3 is 9.47 Å². The van der Waals surface area contributed by atoms with Crippen LogP contribution in [0.4, 0.5) is 4.79 Å². The van der Waals surface area contributed by atoms with E-state index in [4.69, 9.17) is 26.2 Å². The van der Waals surface area contributed by atoms with Gasteiger partial charge in [0.1, 0.15) is 35.6 Å². The minimum atomic E-state index is -0.616. The molecule has 228 valence electrons. The molecule has 0 bridgehead atoms. The highest BCUT2D eigenvalue weighted by Gasteiger charge is 2.48. The predicted molar refractivity (Wildman–Crippen MR) is 167 cm³/mol. The Kier molecular flexibility index (Phi) is 7.67. The highest BCUT2D eigenvalue weighted by Crippen LogP contribution is 2.38. The molecule has 0 fully saturated rings. The third kappa shape index (κ3) is 5.67. The van der Waals surface area contributed by atoms with Crippen LogP contribution in [0.25, 0.3) is 16.8 Å². The van der Waals surface area contributed by atoms with Gasteiger partial charge in [0.15, 0.2) is 0 Å². The number of nitrogens with zero attached hydrogens (tertiary/aromatic N) is 7. The number of hydrogen-bond acceptors (Lipinski definition) is 7. The quantitative estimate of drug-likeness (QED) is 0.199. The standard InChI is InChI=1S/C33H37ClN7O3/c1-21-28-20-41(6,32(42)44-33(3,4)5)25(16-24-11-7-9-13-35-24)19-39(28)38-30(21)23-15-29(31-26(34)17-37-40(31)18-23)43-22(2)27-12-8-10-14-36-27/h7-15,17-18,22,25H,16,19-20H2,1-6H3/q+1/t22-,25?,41?/m1/s1. The van der Waals surface area contributed by atoms with Gasteiger partial charge in [-0.2, -0.15) is 15.0 Å². The summed E-state index contributed by atoms with van der Waals surface area (Å²) in [5, 5.41) is 10.1. The smallest absolute Gasteiger partial charge is 0.482 e. The molecule has 0 N–H and O–H groups in total. The highest BCUT2D eigenvalue weighted by molar-refractivity contribution is 6.34.